The lowest BCUT2D eigenvalue weighted by Gasteiger charge is -2.03. The number of nitrogens with zero attached hydrogens (tertiary/aromatic N) is 4. The number of imidazole rings is 1. The minimum absolute atomic E-state index is 0.446. The number of terminal acetylenes is 1. The molecule has 0 spiro atoms. The zero-order valence-corrected chi connectivity index (χ0v) is 10.9. The normalized spacial score (nSPS) is 10.6. The fourth-order valence-corrected chi connectivity index (χ4v) is 1.98. The van der Waals surface area contributed by atoms with E-state index in [9.17, 15) is 0 Å². The van der Waals surface area contributed by atoms with Crippen molar-refractivity contribution in [2.24, 2.45) is 7.05 Å². The molecule has 0 radical (unpaired) electrons. The Balaban J connectivity index is 2.59. The summed E-state index contributed by atoms with van der Waals surface area (Å²) in [5.74, 6) is 4.12. The predicted octanol–water partition coefficient (Wildman–Crippen LogP) is 1.37. The van der Waals surface area contributed by atoms with E-state index in [0.717, 1.165) is 29.2 Å². The molecule has 0 bridgehead atoms. The monoisotopic (exact) mass is 243 g/mol. The van der Waals surface area contributed by atoms with Crippen molar-refractivity contribution in [2.45, 2.75) is 26.8 Å². The zero-order chi connectivity index (χ0) is 13.3. The van der Waals surface area contributed by atoms with Gasteiger partial charge in [-0.05, 0) is 6.92 Å². The SMILES string of the molecule is C#CCn1c(CC)nc(-c2cnn(C)c2C)c1N. The molecule has 0 aliphatic carbocycles. The van der Waals surface area contributed by atoms with Gasteiger partial charge in [0.1, 0.15) is 17.3 Å². The molecule has 2 aromatic rings. The summed E-state index contributed by atoms with van der Waals surface area (Å²) in [4.78, 5) is 4.58. The molecule has 94 valence electrons. The topological polar surface area (TPSA) is 61.7 Å². The molecule has 2 rings (SSSR count). The third-order valence-corrected chi connectivity index (χ3v) is 3.14. The molecule has 5 nitrogen and oxygen atoms in total. The first kappa shape index (κ1) is 12.2. The summed E-state index contributed by atoms with van der Waals surface area (Å²) in [6.45, 7) is 4.48. The second-order valence-electron chi connectivity index (χ2n) is 4.17. The molecular formula is C13H17N5. The van der Waals surface area contributed by atoms with E-state index in [1.54, 1.807) is 10.9 Å². The van der Waals surface area contributed by atoms with E-state index in [0.29, 0.717) is 12.4 Å². The van der Waals surface area contributed by atoms with Crippen molar-refractivity contribution < 1.29 is 0 Å². The highest BCUT2D eigenvalue weighted by Crippen LogP contribution is 2.28. The molecule has 2 heterocycles. The Bertz CT molecular complexity index is 612. The van der Waals surface area contributed by atoms with Crippen LogP contribution in [0.5, 0.6) is 0 Å². The summed E-state index contributed by atoms with van der Waals surface area (Å²) in [5.41, 5.74) is 8.91. The van der Waals surface area contributed by atoms with Gasteiger partial charge < -0.3 is 10.3 Å². The molecule has 0 fully saturated rings. The van der Waals surface area contributed by atoms with E-state index in [1.165, 1.54) is 0 Å². The van der Waals surface area contributed by atoms with Gasteiger partial charge in [-0.1, -0.05) is 12.8 Å². The lowest BCUT2D eigenvalue weighted by molar-refractivity contribution is 0.740. The molecule has 0 saturated heterocycles. The molecule has 0 saturated carbocycles. The van der Waals surface area contributed by atoms with Crippen LogP contribution in [-0.4, -0.2) is 19.3 Å². The number of rotatable bonds is 3. The highest BCUT2D eigenvalue weighted by atomic mass is 15.3. The smallest absolute Gasteiger partial charge is 0.132 e. The molecule has 2 aromatic heterocycles. The van der Waals surface area contributed by atoms with E-state index in [1.807, 2.05) is 25.5 Å². The second kappa shape index (κ2) is 4.57. The van der Waals surface area contributed by atoms with Crippen molar-refractivity contribution in [3.8, 4) is 23.6 Å². The van der Waals surface area contributed by atoms with Gasteiger partial charge in [-0.2, -0.15) is 5.10 Å². The van der Waals surface area contributed by atoms with Gasteiger partial charge in [0.15, 0.2) is 0 Å². The fraction of sp³-hybridized carbons (Fsp3) is 0.385. The second-order valence-corrected chi connectivity index (χ2v) is 4.17. The third kappa shape index (κ3) is 1.76. The number of nitrogen functional groups attached to an aromatic ring is 1. The summed E-state index contributed by atoms with van der Waals surface area (Å²) in [7, 11) is 1.90. The zero-order valence-electron chi connectivity index (χ0n) is 10.9. The van der Waals surface area contributed by atoms with Crippen LogP contribution in [0.1, 0.15) is 18.4 Å². The highest BCUT2D eigenvalue weighted by molar-refractivity contribution is 5.72. The Morgan fingerprint density at radius 1 is 1.50 bits per heavy atom. The van der Waals surface area contributed by atoms with Crippen LogP contribution in [0.25, 0.3) is 11.3 Å². The van der Waals surface area contributed by atoms with Gasteiger partial charge >= 0.3 is 0 Å². The largest absolute Gasteiger partial charge is 0.383 e. The van der Waals surface area contributed by atoms with Crippen LogP contribution >= 0.6 is 0 Å². The van der Waals surface area contributed by atoms with Crippen LogP contribution in [0.2, 0.25) is 0 Å². The van der Waals surface area contributed by atoms with E-state index < -0.39 is 0 Å². The van der Waals surface area contributed by atoms with Gasteiger partial charge in [0.2, 0.25) is 0 Å². The molecule has 0 amide bonds. The molecule has 18 heavy (non-hydrogen) atoms. The number of anilines is 1. The van der Waals surface area contributed by atoms with Crippen LogP contribution in [0.3, 0.4) is 0 Å². The third-order valence-electron chi connectivity index (χ3n) is 3.14. The van der Waals surface area contributed by atoms with Gasteiger partial charge in [-0.25, -0.2) is 4.98 Å². The van der Waals surface area contributed by atoms with E-state index in [4.69, 9.17) is 12.2 Å². The summed E-state index contributed by atoms with van der Waals surface area (Å²) < 4.78 is 3.68. The van der Waals surface area contributed by atoms with Crippen LogP contribution in [-0.2, 0) is 20.0 Å². The Kier molecular flexibility index (Phi) is 3.11. The van der Waals surface area contributed by atoms with Crippen molar-refractivity contribution >= 4 is 5.82 Å². The van der Waals surface area contributed by atoms with Crippen LogP contribution < -0.4 is 5.73 Å². The Morgan fingerprint density at radius 3 is 2.72 bits per heavy atom. The van der Waals surface area contributed by atoms with Gasteiger partial charge in [-0.3, -0.25) is 4.68 Å². The number of hydrogen-bond acceptors (Lipinski definition) is 3. The first-order valence-corrected chi connectivity index (χ1v) is 5.87. The van der Waals surface area contributed by atoms with Crippen molar-refractivity contribution in [3.63, 3.8) is 0 Å². The van der Waals surface area contributed by atoms with Crippen LogP contribution in [0, 0.1) is 19.3 Å². The first-order valence-electron chi connectivity index (χ1n) is 5.87. The van der Waals surface area contributed by atoms with Gasteiger partial charge in [0.25, 0.3) is 0 Å². The average Bonchev–Trinajstić information content (AvgIpc) is 2.84. The minimum atomic E-state index is 0.446. The quantitative estimate of drug-likeness (QED) is 0.828. The Hall–Kier alpha value is -2.22. The Morgan fingerprint density at radius 2 is 2.22 bits per heavy atom. The average molecular weight is 243 g/mol. The number of aryl methyl sites for hydroxylation is 2. The molecule has 0 aliphatic heterocycles. The maximum Gasteiger partial charge on any atom is 0.132 e. The maximum absolute atomic E-state index is 6.14. The molecule has 0 aromatic carbocycles. The molecule has 0 aliphatic rings. The fourth-order valence-electron chi connectivity index (χ4n) is 1.98. The first-order chi connectivity index (χ1) is 8.60. The summed E-state index contributed by atoms with van der Waals surface area (Å²) in [6, 6.07) is 0. The standard InChI is InChI=1S/C13H17N5/c1-5-7-18-11(6-2)16-12(13(18)14)10-8-15-17(4)9(10)3/h1,8H,6-7,14H2,2-4H3. The van der Waals surface area contributed by atoms with E-state index >= 15 is 0 Å². The van der Waals surface area contributed by atoms with E-state index in [2.05, 4.69) is 16.0 Å². The van der Waals surface area contributed by atoms with Gasteiger partial charge in [0.05, 0.1) is 12.7 Å². The molecule has 2 N–H and O–H groups in total. The van der Waals surface area contributed by atoms with Crippen LogP contribution in [0.4, 0.5) is 5.82 Å². The summed E-state index contributed by atoms with van der Waals surface area (Å²) in [5, 5.41) is 4.22. The van der Waals surface area contributed by atoms with Crippen molar-refractivity contribution in [2.75, 3.05) is 5.73 Å². The highest BCUT2D eigenvalue weighted by Gasteiger charge is 2.17. The predicted molar refractivity (Wildman–Crippen MR) is 71.8 cm³/mol. The Labute approximate surface area is 107 Å². The van der Waals surface area contributed by atoms with Gasteiger partial charge in [0, 0.05) is 24.7 Å². The lowest BCUT2D eigenvalue weighted by atomic mass is 10.2. The van der Waals surface area contributed by atoms with E-state index in [-0.39, 0.29) is 0 Å². The maximum atomic E-state index is 6.14. The molecular weight excluding hydrogens is 226 g/mol. The summed E-state index contributed by atoms with van der Waals surface area (Å²) >= 11 is 0. The minimum Gasteiger partial charge on any atom is -0.383 e. The number of hydrogen-bond donors (Lipinski definition) is 1. The molecule has 0 unspecified atom stereocenters. The van der Waals surface area contributed by atoms with Gasteiger partial charge in [-0.15, -0.1) is 6.42 Å². The number of aromatic nitrogens is 4. The molecule has 5 heteroatoms. The molecule has 0 atom stereocenters. The van der Waals surface area contributed by atoms with Crippen molar-refractivity contribution in [1.82, 2.24) is 19.3 Å². The van der Waals surface area contributed by atoms with Crippen molar-refractivity contribution in [3.05, 3.63) is 17.7 Å². The lowest BCUT2D eigenvalue weighted by Crippen LogP contribution is -2.05. The van der Waals surface area contributed by atoms with Crippen molar-refractivity contribution in [1.29, 1.82) is 0 Å². The number of nitrogens with two attached hydrogens (primary N) is 1. The van der Waals surface area contributed by atoms with Crippen LogP contribution in [0.15, 0.2) is 6.20 Å². The summed E-state index contributed by atoms with van der Waals surface area (Å²) in [6.07, 6.45) is 7.95.